The van der Waals surface area contributed by atoms with Crippen molar-refractivity contribution in [3.63, 3.8) is 0 Å². The summed E-state index contributed by atoms with van der Waals surface area (Å²) in [6.07, 6.45) is 0.212. The maximum Gasteiger partial charge on any atom is 0.326 e. The largest absolute Gasteiger partial charge is 0.480 e. The number of aliphatic carboxylic acids is 1. The topological polar surface area (TPSA) is 78.4 Å². The van der Waals surface area contributed by atoms with E-state index in [4.69, 9.17) is 0 Å². The van der Waals surface area contributed by atoms with Gasteiger partial charge in [-0.3, -0.25) is 4.79 Å². The molecule has 2 aromatic carbocycles. The Labute approximate surface area is 140 Å². The van der Waals surface area contributed by atoms with Crippen molar-refractivity contribution in [1.29, 1.82) is 0 Å². The molecule has 0 aliphatic carbocycles. The molecule has 0 spiro atoms. The van der Waals surface area contributed by atoms with Crippen LogP contribution in [0.1, 0.15) is 15.9 Å². The molecule has 0 aliphatic heterocycles. The van der Waals surface area contributed by atoms with Crippen LogP contribution in [0.25, 0.3) is 0 Å². The summed E-state index contributed by atoms with van der Waals surface area (Å²) in [6.45, 7) is 0. The number of nitrogens with one attached hydrogen (secondary N) is 2. The molecule has 23 heavy (non-hydrogen) atoms. The fourth-order valence-electron chi connectivity index (χ4n) is 2.10. The van der Waals surface area contributed by atoms with Crippen molar-refractivity contribution in [3.8, 4) is 0 Å². The second-order valence-electron chi connectivity index (χ2n) is 5.06. The van der Waals surface area contributed by atoms with Crippen molar-refractivity contribution in [3.05, 3.63) is 59.7 Å². The summed E-state index contributed by atoms with van der Waals surface area (Å²) >= 11 is 4.19. The average Bonchev–Trinajstić information content (AvgIpc) is 2.56. The molecule has 0 aliphatic rings. The highest BCUT2D eigenvalue weighted by Crippen LogP contribution is 2.11. The average molecular weight is 330 g/mol. The maximum absolute atomic E-state index is 12.2. The Morgan fingerprint density at radius 3 is 2.22 bits per heavy atom. The highest BCUT2D eigenvalue weighted by molar-refractivity contribution is 7.80. The minimum absolute atomic E-state index is 0.212. The van der Waals surface area contributed by atoms with E-state index in [1.54, 1.807) is 55.6 Å². The summed E-state index contributed by atoms with van der Waals surface area (Å²) in [6, 6.07) is 13.0. The number of amides is 1. The molecule has 0 bridgehead atoms. The molecule has 0 saturated carbocycles. The molecule has 0 heterocycles. The van der Waals surface area contributed by atoms with Gasteiger partial charge in [-0.1, -0.05) is 12.1 Å². The minimum atomic E-state index is -1.07. The predicted molar refractivity (Wildman–Crippen MR) is 92.3 cm³/mol. The Bertz CT molecular complexity index is 684. The van der Waals surface area contributed by atoms with Gasteiger partial charge in [-0.05, 0) is 42.0 Å². The van der Waals surface area contributed by atoms with Crippen LogP contribution in [0.2, 0.25) is 0 Å². The van der Waals surface area contributed by atoms with Crippen LogP contribution >= 0.6 is 12.6 Å². The molecule has 0 fully saturated rings. The summed E-state index contributed by atoms with van der Waals surface area (Å²) < 4.78 is 0. The molecule has 1 amide bonds. The molecule has 0 aromatic heterocycles. The SMILES string of the molecule is CNc1ccc(C(=O)N[C@@H](Cc2ccc(S)cc2)C(=O)O)cc1. The molecule has 6 heteroatoms. The molecule has 5 nitrogen and oxygen atoms in total. The number of hydrogen-bond acceptors (Lipinski definition) is 4. The molecule has 120 valence electrons. The summed E-state index contributed by atoms with van der Waals surface area (Å²) in [5.74, 6) is -1.48. The third-order valence-corrected chi connectivity index (χ3v) is 3.71. The van der Waals surface area contributed by atoms with Crippen molar-refractivity contribution in [2.24, 2.45) is 0 Å². The van der Waals surface area contributed by atoms with Gasteiger partial charge in [-0.25, -0.2) is 4.79 Å². The Kier molecular flexibility index (Phi) is 5.65. The zero-order chi connectivity index (χ0) is 16.8. The van der Waals surface area contributed by atoms with Gasteiger partial charge in [0.2, 0.25) is 0 Å². The number of carbonyl (C=O) groups excluding carboxylic acids is 1. The molecule has 0 saturated heterocycles. The van der Waals surface area contributed by atoms with Gasteiger partial charge in [-0.15, -0.1) is 12.6 Å². The number of rotatable bonds is 6. The van der Waals surface area contributed by atoms with E-state index in [1.807, 2.05) is 0 Å². The first-order chi connectivity index (χ1) is 11.0. The second-order valence-corrected chi connectivity index (χ2v) is 5.58. The molecule has 2 aromatic rings. The van der Waals surface area contributed by atoms with Gasteiger partial charge < -0.3 is 15.7 Å². The van der Waals surface area contributed by atoms with Crippen molar-refractivity contribution >= 4 is 30.2 Å². The number of carboxylic acid groups (broad SMARTS) is 1. The number of hydrogen-bond donors (Lipinski definition) is 4. The number of carboxylic acids is 1. The first-order valence-corrected chi connectivity index (χ1v) is 7.53. The molecule has 3 N–H and O–H groups in total. The predicted octanol–water partition coefficient (Wildman–Crippen LogP) is 2.44. The van der Waals surface area contributed by atoms with Gasteiger partial charge >= 0.3 is 5.97 Å². The zero-order valence-corrected chi connectivity index (χ0v) is 13.5. The fraction of sp³-hybridized carbons (Fsp3) is 0.176. The van der Waals surface area contributed by atoms with Crippen LogP contribution in [0, 0.1) is 0 Å². The van der Waals surface area contributed by atoms with E-state index in [0.29, 0.717) is 5.56 Å². The van der Waals surface area contributed by atoms with Gasteiger partial charge in [0, 0.05) is 29.6 Å². The van der Waals surface area contributed by atoms with Crippen molar-refractivity contribution in [1.82, 2.24) is 5.32 Å². The van der Waals surface area contributed by atoms with Crippen LogP contribution in [0.15, 0.2) is 53.4 Å². The van der Waals surface area contributed by atoms with Crippen LogP contribution < -0.4 is 10.6 Å². The minimum Gasteiger partial charge on any atom is -0.480 e. The van der Waals surface area contributed by atoms with Crippen LogP contribution in [-0.4, -0.2) is 30.1 Å². The Balaban J connectivity index is 2.07. The summed E-state index contributed by atoms with van der Waals surface area (Å²) in [7, 11) is 1.78. The molecule has 0 radical (unpaired) electrons. The smallest absolute Gasteiger partial charge is 0.326 e. The Morgan fingerprint density at radius 1 is 1.09 bits per heavy atom. The van der Waals surface area contributed by atoms with Crippen molar-refractivity contribution < 1.29 is 14.7 Å². The van der Waals surface area contributed by atoms with E-state index in [-0.39, 0.29) is 6.42 Å². The molecular formula is C17H18N2O3S. The van der Waals surface area contributed by atoms with Crippen LogP contribution in [0.3, 0.4) is 0 Å². The summed E-state index contributed by atoms with van der Waals surface area (Å²) in [4.78, 5) is 24.4. The number of anilines is 1. The Morgan fingerprint density at radius 2 is 1.70 bits per heavy atom. The first kappa shape index (κ1) is 16.9. The number of carbonyl (C=O) groups is 2. The molecule has 0 unspecified atom stereocenters. The van der Waals surface area contributed by atoms with E-state index in [0.717, 1.165) is 16.1 Å². The van der Waals surface area contributed by atoms with Gasteiger partial charge in [-0.2, -0.15) is 0 Å². The maximum atomic E-state index is 12.2. The number of thiol groups is 1. The summed E-state index contributed by atoms with van der Waals surface area (Å²) in [5.41, 5.74) is 2.12. The Hall–Kier alpha value is -2.47. The monoisotopic (exact) mass is 330 g/mol. The van der Waals surface area contributed by atoms with Crippen molar-refractivity contribution in [2.75, 3.05) is 12.4 Å². The van der Waals surface area contributed by atoms with Gasteiger partial charge in [0.15, 0.2) is 0 Å². The lowest BCUT2D eigenvalue weighted by Crippen LogP contribution is -2.42. The van der Waals surface area contributed by atoms with E-state index in [9.17, 15) is 14.7 Å². The van der Waals surface area contributed by atoms with E-state index in [1.165, 1.54) is 0 Å². The van der Waals surface area contributed by atoms with Crippen molar-refractivity contribution in [2.45, 2.75) is 17.4 Å². The quantitative estimate of drug-likeness (QED) is 0.614. The third kappa shape index (κ3) is 4.75. The number of benzene rings is 2. The van der Waals surface area contributed by atoms with E-state index < -0.39 is 17.9 Å². The molecular weight excluding hydrogens is 312 g/mol. The normalized spacial score (nSPS) is 11.6. The van der Waals surface area contributed by atoms with Crippen LogP contribution in [-0.2, 0) is 11.2 Å². The lowest BCUT2D eigenvalue weighted by molar-refractivity contribution is -0.139. The second kappa shape index (κ2) is 7.69. The van der Waals surface area contributed by atoms with Gasteiger partial charge in [0.1, 0.15) is 6.04 Å². The molecule has 1 atom stereocenters. The third-order valence-electron chi connectivity index (χ3n) is 3.42. The van der Waals surface area contributed by atoms with Crippen LogP contribution in [0.4, 0.5) is 5.69 Å². The molecule has 2 rings (SSSR count). The van der Waals surface area contributed by atoms with Gasteiger partial charge in [0.05, 0.1) is 0 Å². The van der Waals surface area contributed by atoms with E-state index in [2.05, 4.69) is 23.3 Å². The zero-order valence-electron chi connectivity index (χ0n) is 12.6. The lowest BCUT2D eigenvalue weighted by atomic mass is 10.1. The van der Waals surface area contributed by atoms with Crippen LogP contribution in [0.5, 0.6) is 0 Å². The lowest BCUT2D eigenvalue weighted by Gasteiger charge is -2.15. The highest BCUT2D eigenvalue weighted by Gasteiger charge is 2.21. The summed E-state index contributed by atoms with van der Waals surface area (Å²) in [5, 5.41) is 14.8. The first-order valence-electron chi connectivity index (χ1n) is 7.09. The fourth-order valence-corrected chi connectivity index (χ4v) is 2.25. The standard InChI is InChI=1S/C17H18N2O3S/c1-18-13-6-4-12(5-7-13)16(20)19-15(17(21)22)10-11-2-8-14(23)9-3-11/h2-9,15,18,23H,10H2,1H3,(H,19,20)(H,21,22)/t15-/m0/s1. The highest BCUT2D eigenvalue weighted by atomic mass is 32.1. The van der Waals surface area contributed by atoms with E-state index >= 15 is 0 Å². The van der Waals surface area contributed by atoms with Gasteiger partial charge in [0.25, 0.3) is 5.91 Å².